The Hall–Kier alpha value is -1.78. The first-order chi connectivity index (χ1) is 7.23. The topological polar surface area (TPSA) is 37.3 Å². The van der Waals surface area contributed by atoms with Crippen molar-refractivity contribution in [3.63, 3.8) is 0 Å². The van der Waals surface area contributed by atoms with E-state index in [1.165, 1.54) is 6.92 Å². The fourth-order valence-electron chi connectivity index (χ4n) is 1.26. The predicted octanol–water partition coefficient (Wildman–Crippen LogP) is 3.44. The van der Waals surface area contributed by atoms with E-state index in [0.717, 1.165) is 18.2 Å². The van der Waals surface area contributed by atoms with Crippen molar-refractivity contribution in [2.45, 2.75) is 13.1 Å². The zero-order valence-electron chi connectivity index (χ0n) is 8.43. The molecule has 5 heteroatoms. The number of halogens is 3. The minimum Gasteiger partial charge on any atom is -0.478 e. The summed E-state index contributed by atoms with van der Waals surface area (Å²) in [6.07, 6.45) is -4.48. The molecule has 0 atom stereocenters. The van der Waals surface area contributed by atoms with Gasteiger partial charge in [-0.25, -0.2) is 4.79 Å². The summed E-state index contributed by atoms with van der Waals surface area (Å²) >= 11 is 0. The van der Waals surface area contributed by atoms with Crippen LogP contribution in [0.1, 0.15) is 28.4 Å². The summed E-state index contributed by atoms with van der Waals surface area (Å²) in [4.78, 5) is 10.8. The van der Waals surface area contributed by atoms with E-state index in [1.54, 1.807) is 0 Å². The molecule has 0 bridgehead atoms. The fraction of sp³-hybridized carbons (Fsp3) is 0.182. The van der Waals surface area contributed by atoms with Gasteiger partial charge in [-0.15, -0.1) is 0 Å². The lowest BCUT2D eigenvalue weighted by molar-refractivity contribution is -0.137. The van der Waals surface area contributed by atoms with Crippen LogP contribution in [-0.2, 0) is 6.18 Å². The first-order valence-electron chi connectivity index (χ1n) is 4.34. The molecule has 1 aromatic rings. The molecule has 0 aliphatic rings. The highest BCUT2D eigenvalue weighted by Gasteiger charge is 2.31. The number of hydrogen-bond acceptors (Lipinski definition) is 1. The Balaban J connectivity index is 3.40. The first kappa shape index (κ1) is 12.3. The molecule has 0 aliphatic heterocycles. The Morgan fingerprint density at radius 2 is 1.88 bits per heavy atom. The summed E-state index contributed by atoms with van der Waals surface area (Å²) in [7, 11) is 0. The van der Waals surface area contributed by atoms with E-state index in [4.69, 9.17) is 5.11 Å². The average Bonchev–Trinajstić information content (AvgIpc) is 2.15. The molecule has 0 fully saturated rings. The first-order valence-corrected chi connectivity index (χ1v) is 4.34. The highest BCUT2D eigenvalue weighted by molar-refractivity contribution is 5.93. The molecule has 0 spiro atoms. The summed E-state index contributed by atoms with van der Waals surface area (Å²) in [5, 5.41) is 8.79. The molecule has 0 saturated heterocycles. The smallest absolute Gasteiger partial charge is 0.416 e. The summed E-state index contributed by atoms with van der Waals surface area (Å²) in [5.41, 5.74) is -0.776. The van der Waals surface area contributed by atoms with E-state index < -0.39 is 17.7 Å². The van der Waals surface area contributed by atoms with Crippen LogP contribution in [0.4, 0.5) is 13.2 Å². The molecule has 0 unspecified atom stereocenters. The van der Waals surface area contributed by atoms with Crippen LogP contribution in [0.15, 0.2) is 24.8 Å². The van der Waals surface area contributed by atoms with Crippen molar-refractivity contribution in [3.8, 4) is 0 Å². The Kier molecular flexibility index (Phi) is 3.07. The van der Waals surface area contributed by atoms with Crippen LogP contribution >= 0.6 is 0 Å². The van der Waals surface area contributed by atoms with E-state index in [1.807, 2.05) is 0 Å². The maximum atomic E-state index is 12.4. The zero-order chi connectivity index (χ0) is 12.5. The Bertz CT molecular complexity index is 447. The molecule has 1 rings (SSSR count). The molecule has 0 heterocycles. The number of hydrogen-bond donors (Lipinski definition) is 1. The van der Waals surface area contributed by atoms with Gasteiger partial charge in [0.25, 0.3) is 0 Å². The van der Waals surface area contributed by atoms with E-state index in [0.29, 0.717) is 0 Å². The molecular formula is C11H9F3O2. The quantitative estimate of drug-likeness (QED) is 0.844. The van der Waals surface area contributed by atoms with E-state index in [2.05, 4.69) is 6.58 Å². The van der Waals surface area contributed by atoms with Crippen LogP contribution in [0, 0.1) is 0 Å². The predicted molar refractivity (Wildman–Crippen MR) is 53.1 cm³/mol. The molecule has 0 aliphatic carbocycles. The van der Waals surface area contributed by atoms with Gasteiger partial charge in [-0.05, 0) is 30.7 Å². The summed E-state index contributed by atoms with van der Waals surface area (Å²) in [6, 6.07) is 2.48. The van der Waals surface area contributed by atoms with E-state index in [9.17, 15) is 18.0 Å². The van der Waals surface area contributed by atoms with Gasteiger partial charge in [0.15, 0.2) is 0 Å². The summed E-state index contributed by atoms with van der Waals surface area (Å²) in [6.45, 7) is 4.92. The van der Waals surface area contributed by atoms with Gasteiger partial charge in [-0.3, -0.25) is 0 Å². The number of allylic oxidation sites excluding steroid dienone is 1. The van der Waals surface area contributed by atoms with Crippen molar-refractivity contribution in [2.24, 2.45) is 0 Å². The average molecular weight is 230 g/mol. The van der Waals surface area contributed by atoms with E-state index in [-0.39, 0.29) is 16.7 Å². The van der Waals surface area contributed by atoms with Gasteiger partial charge >= 0.3 is 12.1 Å². The van der Waals surface area contributed by atoms with Crippen LogP contribution in [-0.4, -0.2) is 11.1 Å². The Labute approximate surface area is 90.0 Å². The van der Waals surface area contributed by atoms with Gasteiger partial charge < -0.3 is 5.11 Å². The second-order valence-electron chi connectivity index (χ2n) is 3.34. The molecule has 0 radical (unpaired) electrons. The number of carboxylic acids is 1. The third-order valence-electron chi connectivity index (χ3n) is 2.04. The van der Waals surface area contributed by atoms with E-state index >= 15 is 0 Å². The lowest BCUT2D eigenvalue weighted by Gasteiger charge is -2.11. The molecule has 1 N–H and O–H groups in total. The van der Waals surface area contributed by atoms with Crippen molar-refractivity contribution in [1.29, 1.82) is 0 Å². The third-order valence-corrected chi connectivity index (χ3v) is 2.04. The molecule has 2 nitrogen and oxygen atoms in total. The van der Waals surface area contributed by atoms with Crippen LogP contribution in [0.25, 0.3) is 5.57 Å². The standard InChI is InChI=1S/C11H9F3O2/c1-6(2)9-5-7(11(12,13)14)3-4-8(9)10(15)16/h3-5H,1H2,2H3,(H,15,16). The van der Waals surface area contributed by atoms with Crippen LogP contribution in [0.2, 0.25) is 0 Å². The van der Waals surface area contributed by atoms with Gasteiger partial charge in [0, 0.05) is 0 Å². The largest absolute Gasteiger partial charge is 0.478 e. The SMILES string of the molecule is C=C(C)c1cc(C(F)(F)F)ccc1C(=O)O. The second-order valence-corrected chi connectivity index (χ2v) is 3.34. The number of aromatic carboxylic acids is 1. The minimum absolute atomic E-state index is 0.00215. The minimum atomic E-state index is -4.48. The molecule has 1 aromatic carbocycles. The summed E-state index contributed by atoms with van der Waals surface area (Å²) in [5.74, 6) is -1.27. The number of rotatable bonds is 2. The fourth-order valence-corrected chi connectivity index (χ4v) is 1.26. The van der Waals surface area contributed by atoms with Crippen LogP contribution in [0.5, 0.6) is 0 Å². The van der Waals surface area contributed by atoms with Crippen LogP contribution in [0.3, 0.4) is 0 Å². The monoisotopic (exact) mass is 230 g/mol. The molecule has 0 amide bonds. The van der Waals surface area contributed by atoms with Gasteiger partial charge in [0.2, 0.25) is 0 Å². The highest BCUT2D eigenvalue weighted by Crippen LogP contribution is 2.32. The third kappa shape index (κ3) is 2.42. The maximum Gasteiger partial charge on any atom is 0.416 e. The zero-order valence-corrected chi connectivity index (χ0v) is 8.43. The second kappa shape index (κ2) is 4.00. The van der Waals surface area contributed by atoms with Crippen molar-refractivity contribution in [1.82, 2.24) is 0 Å². The molecule has 86 valence electrons. The van der Waals surface area contributed by atoms with Crippen molar-refractivity contribution in [3.05, 3.63) is 41.5 Å². The van der Waals surface area contributed by atoms with Crippen molar-refractivity contribution < 1.29 is 23.1 Å². The van der Waals surface area contributed by atoms with Crippen molar-refractivity contribution >= 4 is 11.5 Å². The van der Waals surface area contributed by atoms with Crippen molar-refractivity contribution in [2.75, 3.05) is 0 Å². The molecule has 0 saturated carbocycles. The maximum absolute atomic E-state index is 12.4. The Morgan fingerprint density at radius 3 is 2.25 bits per heavy atom. The number of carbonyl (C=O) groups is 1. The van der Waals surface area contributed by atoms with Gasteiger partial charge in [-0.1, -0.05) is 12.2 Å². The van der Waals surface area contributed by atoms with Gasteiger partial charge in [0.1, 0.15) is 0 Å². The Morgan fingerprint density at radius 1 is 1.31 bits per heavy atom. The van der Waals surface area contributed by atoms with Gasteiger partial charge in [0.05, 0.1) is 11.1 Å². The lowest BCUT2D eigenvalue weighted by atomic mass is 9.99. The molecule has 16 heavy (non-hydrogen) atoms. The number of carboxylic acid groups (broad SMARTS) is 1. The van der Waals surface area contributed by atoms with Gasteiger partial charge in [-0.2, -0.15) is 13.2 Å². The normalized spacial score (nSPS) is 11.2. The molecule has 0 aromatic heterocycles. The molecular weight excluding hydrogens is 221 g/mol. The van der Waals surface area contributed by atoms with Crippen LogP contribution < -0.4 is 0 Å². The lowest BCUT2D eigenvalue weighted by Crippen LogP contribution is -2.08. The highest BCUT2D eigenvalue weighted by atomic mass is 19.4. The number of benzene rings is 1. The summed E-state index contributed by atoms with van der Waals surface area (Å²) < 4.78 is 37.2. The number of alkyl halides is 3.